The molecule has 0 spiro atoms. The third kappa shape index (κ3) is 2.74. The number of hydrogen-bond donors (Lipinski definition) is 1. The fourth-order valence-electron chi connectivity index (χ4n) is 2.11. The first-order valence-electron chi connectivity index (χ1n) is 6.13. The van der Waals surface area contributed by atoms with Crippen LogP contribution in [0.3, 0.4) is 0 Å². The highest BCUT2D eigenvalue weighted by atomic mass is 16.5. The Morgan fingerprint density at radius 3 is 2.56 bits per heavy atom. The molecular formula is C15H19NO2. The summed E-state index contributed by atoms with van der Waals surface area (Å²) in [7, 11) is 1.70. The number of para-hydroxylation sites is 1. The van der Waals surface area contributed by atoms with Crippen molar-refractivity contribution in [1.82, 2.24) is 5.32 Å². The summed E-state index contributed by atoms with van der Waals surface area (Å²) < 4.78 is 10.5. The zero-order valence-electron chi connectivity index (χ0n) is 11.0. The zero-order chi connectivity index (χ0) is 13.0. The van der Waals surface area contributed by atoms with Crippen LogP contribution >= 0.6 is 0 Å². The van der Waals surface area contributed by atoms with E-state index in [1.54, 1.807) is 19.6 Å². The topological polar surface area (TPSA) is 34.4 Å². The Bertz CT molecular complexity index is 479. The van der Waals surface area contributed by atoms with Gasteiger partial charge in [-0.15, -0.1) is 0 Å². The third-order valence-corrected chi connectivity index (χ3v) is 3.15. The average molecular weight is 245 g/mol. The predicted molar refractivity (Wildman–Crippen MR) is 71.7 cm³/mol. The van der Waals surface area contributed by atoms with Crippen LogP contribution in [0.5, 0.6) is 5.75 Å². The molecule has 0 saturated heterocycles. The van der Waals surface area contributed by atoms with E-state index in [0.717, 1.165) is 16.9 Å². The largest absolute Gasteiger partial charge is 0.496 e. The molecule has 1 aromatic carbocycles. The van der Waals surface area contributed by atoms with Gasteiger partial charge in [-0.3, -0.25) is 0 Å². The lowest BCUT2D eigenvalue weighted by Crippen LogP contribution is -2.22. The molecule has 2 unspecified atom stereocenters. The molecule has 96 valence electrons. The molecule has 1 heterocycles. The van der Waals surface area contributed by atoms with E-state index in [4.69, 9.17) is 9.15 Å². The zero-order valence-corrected chi connectivity index (χ0v) is 11.0. The molecule has 1 aromatic heterocycles. The van der Waals surface area contributed by atoms with E-state index in [-0.39, 0.29) is 12.1 Å². The first-order valence-corrected chi connectivity index (χ1v) is 6.13. The molecule has 3 heteroatoms. The van der Waals surface area contributed by atoms with Crippen LogP contribution in [0.1, 0.15) is 37.1 Å². The molecule has 0 fully saturated rings. The molecule has 3 nitrogen and oxygen atoms in total. The number of ether oxygens (including phenoxy) is 1. The number of benzene rings is 1. The van der Waals surface area contributed by atoms with Crippen molar-refractivity contribution < 1.29 is 9.15 Å². The maximum Gasteiger partial charge on any atom is 0.123 e. The van der Waals surface area contributed by atoms with Crippen LogP contribution in [0.4, 0.5) is 0 Å². The Morgan fingerprint density at radius 2 is 1.89 bits per heavy atom. The summed E-state index contributed by atoms with van der Waals surface area (Å²) in [4.78, 5) is 0. The Balaban J connectivity index is 2.09. The Labute approximate surface area is 108 Å². The minimum absolute atomic E-state index is 0.214. The minimum Gasteiger partial charge on any atom is -0.496 e. The van der Waals surface area contributed by atoms with E-state index >= 15 is 0 Å². The lowest BCUT2D eigenvalue weighted by Gasteiger charge is -2.21. The van der Waals surface area contributed by atoms with Crippen LogP contribution in [-0.2, 0) is 0 Å². The first-order chi connectivity index (χ1) is 8.72. The van der Waals surface area contributed by atoms with Crippen molar-refractivity contribution in [3.8, 4) is 5.75 Å². The number of furan rings is 1. The molecule has 0 aliphatic rings. The maximum atomic E-state index is 5.38. The molecule has 2 atom stereocenters. The average Bonchev–Trinajstić information content (AvgIpc) is 2.92. The Hall–Kier alpha value is -1.74. The van der Waals surface area contributed by atoms with Crippen molar-refractivity contribution in [3.63, 3.8) is 0 Å². The lowest BCUT2D eigenvalue weighted by molar-refractivity contribution is 0.396. The molecule has 0 amide bonds. The number of hydrogen-bond acceptors (Lipinski definition) is 3. The van der Waals surface area contributed by atoms with Crippen molar-refractivity contribution in [1.29, 1.82) is 0 Å². The van der Waals surface area contributed by atoms with Crippen LogP contribution in [0.2, 0.25) is 0 Å². The Kier molecular flexibility index (Phi) is 4.05. The van der Waals surface area contributed by atoms with Crippen LogP contribution in [0.25, 0.3) is 0 Å². The van der Waals surface area contributed by atoms with Gasteiger partial charge in [-0.1, -0.05) is 18.2 Å². The summed E-state index contributed by atoms with van der Waals surface area (Å²) in [6.07, 6.45) is 3.47. The second kappa shape index (κ2) is 5.74. The molecule has 0 saturated carbocycles. The van der Waals surface area contributed by atoms with Crippen molar-refractivity contribution >= 4 is 0 Å². The van der Waals surface area contributed by atoms with Gasteiger partial charge < -0.3 is 14.5 Å². The van der Waals surface area contributed by atoms with Crippen molar-refractivity contribution in [2.45, 2.75) is 25.9 Å². The van der Waals surface area contributed by atoms with Gasteiger partial charge in [0.05, 0.1) is 19.6 Å². The van der Waals surface area contributed by atoms with Crippen LogP contribution < -0.4 is 10.1 Å². The summed E-state index contributed by atoms with van der Waals surface area (Å²) >= 11 is 0. The SMILES string of the molecule is COc1ccccc1C(C)NC(C)c1ccoc1. The molecule has 0 aliphatic carbocycles. The monoisotopic (exact) mass is 245 g/mol. The van der Waals surface area contributed by atoms with E-state index in [0.29, 0.717) is 0 Å². The van der Waals surface area contributed by atoms with Crippen molar-refractivity contribution in [3.05, 3.63) is 54.0 Å². The fraction of sp³-hybridized carbons (Fsp3) is 0.333. The number of nitrogens with one attached hydrogen (secondary N) is 1. The summed E-state index contributed by atoms with van der Waals surface area (Å²) in [5.41, 5.74) is 2.31. The summed E-state index contributed by atoms with van der Waals surface area (Å²) in [5, 5.41) is 3.53. The molecule has 2 rings (SSSR count). The molecule has 18 heavy (non-hydrogen) atoms. The lowest BCUT2D eigenvalue weighted by atomic mass is 10.0. The minimum atomic E-state index is 0.214. The Morgan fingerprint density at radius 1 is 1.11 bits per heavy atom. The van der Waals surface area contributed by atoms with Gasteiger partial charge in [0.15, 0.2) is 0 Å². The number of rotatable bonds is 5. The highest BCUT2D eigenvalue weighted by molar-refractivity contribution is 5.35. The number of methoxy groups -OCH3 is 1. The van der Waals surface area contributed by atoms with Crippen LogP contribution in [-0.4, -0.2) is 7.11 Å². The quantitative estimate of drug-likeness (QED) is 0.872. The molecular weight excluding hydrogens is 226 g/mol. The van der Waals surface area contributed by atoms with Crippen molar-refractivity contribution in [2.75, 3.05) is 7.11 Å². The van der Waals surface area contributed by atoms with Gasteiger partial charge in [0.2, 0.25) is 0 Å². The van der Waals surface area contributed by atoms with Crippen LogP contribution in [0.15, 0.2) is 47.3 Å². The highest BCUT2D eigenvalue weighted by Gasteiger charge is 2.14. The fourth-order valence-corrected chi connectivity index (χ4v) is 2.11. The predicted octanol–water partition coefficient (Wildman–Crippen LogP) is 3.70. The highest BCUT2D eigenvalue weighted by Crippen LogP contribution is 2.26. The molecule has 0 bridgehead atoms. The van der Waals surface area contributed by atoms with E-state index in [2.05, 4.69) is 25.2 Å². The van der Waals surface area contributed by atoms with E-state index in [1.807, 2.05) is 24.3 Å². The van der Waals surface area contributed by atoms with E-state index < -0.39 is 0 Å². The van der Waals surface area contributed by atoms with Gasteiger partial charge in [-0.25, -0.2) is 0 Å². The van der Waals surface area contributed by atoms with Gasteiger partial charge in [0, 0.05) is 23.2 Å². The van der Waals surface area contributed by atoms with E-state index in [9.17, 15) is 0 Å². The normalized spacial score (nSPS) is 14.2. The maximum absolute atomic E-state index is 5.38. The molecule has 2 aromatic rings. The summed E-state index contributed by atoms with van der Waals surface area (Å²) in [5.74, 6) is 0.914. The first kappa shape index (κ1) is 12.7. The third-order valence-electron chi connectivity index (χ3n) is 3.15. The van der Waals surface area contributed by atoms with Gasteiger partial charge in [0.1, 0.15) is 5.75 Å². The van der Waals surface area contributed by atoms with Crippen LogP contribution in [0, 0.1) is 0 Å². The molecule has 0 aliphatic heterocycles. The van der Waals surface area contributed by atoms with Gasteiger partial charge in [-0.2, -0.15) is 0 Å². The van der Waals surface area contributed by atoms with Crippen molar-refractivity contribution in [2.24, 2.45) is 0 Å². The summed E-state index contributed by atoms with van der Waals surface area (Å²) in [6.45, 7) is 4.26. The second-order valence-electron chi connectivity index (χ2n) is 4.41. The standard InChI is InChI=1S/C15H19NO2/c1-11(13-8-9-18-10-13)16-12(2)14-6-4-5-7-15(14)17-3/h4-12,16H,1-3H3. The van der Waals surface area contributed by atoms with Gasteiger partial charge in [0.25, 0.3) is 0 Å². The summed E-state index contributed by atoms with van der Waals surface area (Å²) in [6, 6.07) is 10.5. The second-order valence-corrected chi connectivity index (χ2v) is 4.41. The van der Waals surface area contributed by atoms with Gasteiger partial charge >= 0.3 is 0 Å². The van der Waals surface area contributed by atoms with E-state index in [1.165, 1.54) is 0 Å². The smallest absolute Gasteiger partial charge is 0.123 e. The molecule has 1 N–H and O–H groups in total. The molecule has 0 radical (unpaired) electrons. The van der Waals surface area contributed by atoms with Gasteiger partial charge in [-0.05, 0) is 26.0 Å².